The lowest BCUT2D eigenvalue weighted by molar-refractivity contribution is 0.105. The fraction of sp³-hybridized carbons (Fsp3) is 0.400. The van der Waals surface area contributed by atoms with Crippen LogP contribution in [0.25, 0.3) is 6.08 Å². The summed E-state index contributed by atoms with van der Waals surface area (Å²) in [4.78, 5) is 23.8. The summed E-state index contributed by atoms with van der Waals surface area (Å²) < 4.78 is 12.7. The Morgan fingerprint density at radius 3 is 2.28 bits per heavy atom. The molecule has 0 fully saturated rings. The van der Waals surface area contributed by atoms with Crippen LogP contribution in [0.1, 0.15) is 5.69 Å². The third kappa shape index (κ3) is 3.64. The predicted octanol–water partition coefficient (Wildman–Crippen LogP) is 1.31. The zero-order chi connectivity index (χ0) is 13.7. The zero-order valence-corrected chi connectivity index (χ0v) is 13.0. The van der Waals surface area contributed by atoms with Crippen LogP contribution in [0.4, 0.5) is 0 Å². The molecule has 0 saturated heterocycles. The number of methoxy groups -OCH3 is 2. The molecular formula is C10H12Br2N2O4. The minimum Gasteiger partial charge on any atom is -0.364 e. The fourth-order valence-corrected chi connectivity index (χ4v) is 1.84. The summed E-state index contributed by atoms with van der Waals surface area (Å²) in [6.07, 6.45) is 1.60. The maximum absolute atomic E-state index is 12.1. The Balaban J connectivity index is 3.50. The van der Waals surface area contributed by atoms with Gasteiger partial charge in [-0.1, -0.05) is 0 Å². The first kappa shape index (κ1) is 15.4. The van der Waals surface area contributed by atoms with E-state index in [1.54, 1.807) is 6.08 Å². The molecule has 0 amide bonds. The van der Waals surface area contributed by atoms with Crippen LogP contribution < -0.4 is 11.2 Å². The average Bonchev–Trinajstić information content (AvgIpc) is 2.29. The highest BCUT2D eigenvalue weighted by atomic mass is 79.9. The van der Waals surface area contributed by atoms with E-state index in [2.05, 4.69) is 31.9 Å². The molecule has 0 atom stereocenters. The molecular weight excluding hydrogens is 372 g/mol. The molecule has 0 bridgehead atoms. The molecule has 0 N–H and O–H groups in total. The lowest BCUT2D eigenvalue weighted by Crippen LogP contribution is -2.41. The predicted molar refractivity (Wildman–Crippen MR) is 74.8 cm³/mol. The van der Waals surface area contributed by atoms with Crippen molar-refractivity contribution in [1.82, 2.24) is 9.13 Å². The van der Waals surface area contributed by atoms with Crippen LogP contribution in [0.2, 0.25) is 0 Å². The molecule has 0 aromatic carbocycles. The third-order valence-corrected chi connectivity index (χ3v) is 2.54. The summed E-state index contributed by atoms with van der Waals surface area (Å²) in [5, 5.41) is 0. The molecule has 100 valence electrons. The van der Waals surface area contributed by atoms with Crippen molar-refractivity contribution in [2.75, 3.05) is 14.2 Å². The first-order valence-electron chi connectivity index (χ1n) is 4.86. The molecule has 18 heavy (non-hydrogen) atoms. The van der Waals surface area contributed by atoms with E-state index in [4.69, 9.17) is 9.47 Å². The van der Waals surface area contributed by atoms with E-state index in [0.717, 1.165) is 4.57 Å². The number of hydrogen-bond donors (Lipinski definition) is 0. The molecule has 1 aromatic heterocycles. The van der Waals surface area contributed by atoms with E-state index in [9.17, 15) is 9.59 Å². The topological polar surface area (TPSA) is 62.5 Å². The second kappa shape index (κ2) is 7.03. The highest BCUT2D eigenvalue weighted by Gasteiger charge is 2.09. The molecule has 1 rings (SSSR count). The number of halogens is 2. The Morgan fingerprint density at radius 1 is 1.22 bits per heavy atom. The van der Waals surface area contributed by atoms with Crippen LogP contribution in [-0.2, 0) is 22.9 Å². The van der Waals surface area contributed by atoms with Crippen molar-refractivity contribution in [2.45, 2.75) is 13.5 Å². The monoisotopic (exact) mass is 382 g/mol. The molecule has 0 aliphatic rings. The molecule has 8 heteroatoms. The van der Waals surface area contributed by atoms with Crippen LogP contribution in [0.3, 0.4) is 0 Å². The van der Waals surface area contributed by atoms with Gasteiger partial charge in [-0.2, -0.15) is 0 Å². The quantitative estimate of drug-likeness (QED) is 0.768. The average molecular weight is 384 g/mol. The smallest absolute Gasteiger partial charge is 0.335 e. The van der Waals surface area contributed by atoms with Gasteiger partial charge in [0.25, 0.3) is 5.56 Å². The van der Waals surface area contributed by atoms with Crippen LogP contribution in [-0.4, -0.2) is 23.4 Å². The van der Waals surface area contributed by atoms with Gasteiger partial charge in [-0.3, -0.25) is 9.36 Å². The van der Waals surface area contributed by atoms with Gasteiger partial charge in [-0.15, -0.1) is 0 Å². The van der Waals surface area contributed by atoms with Gasteiger partial charge in [0.2, 0.25) is 0 Å². The Labute approximate surface area is 120 Å². The zero-order valence-electron chi connectivity index (χ0n) is 9.85. The van der Waals surface area contributed by atoms with Gasteiger partial charge in [-0.25, -0.2) is 9.36 Å². The summed E-state index contributed by atoms with van der Waals surface area (Å²) in [7, 11) is 2.88. The fourth-order valence-electron chi connectivity index (χ4n) is 1.37. The van der Waals surface area contributed by atoms with Crippen molar-refractivity contribution in [3.8, 4) is 0 Å². The molecule has 0 radical (unpaired) electrons. The Morgan fingerprint density at radius 2 is 1.78 bits per heavy atom. The van der Waals surface area contributed by atoms with E-state index in [1.807, 2.05) is 0 Å². The molecule has 0 saturated carbocycles. The Kier molecular flexibility index (Phi) is 6.00. The highest BCUT2D eigenvalue weighted by Crippen LogP contribution is 2.16. The first-order chi connectivity index (χ1) is 8.51. The number of hydrogen-bond acceptors (Lipinski definition) is 4. The molecule has 6 nitrogen and oxygen atoms in total. The normalized spacial score (nSPS) is 10.4. The van der Waals surface area contributed by atoms with Crippen molar-refractivity contribution in [1.29, 1.82) is 0 Å². The molecule has 1 heterocycles. The molecule has 0 aliphatic carbocycles. The number of rotatable bonds is 5. The second-order valence-corrected chi connectivity index (χ2v) is 6.09. The molecule has 0 unspecified atom stereocenters. The summed E-state index contributed by atoms with van der Waals surface area (Å²) in [6.45, 7) is -0.0528. The first-order valence-corrected chi connectivity index (χ1v) is 6.45. The summed E-state index contributed by atoms with van der Waals surface area (Å²) in [5.41, 5.74) is -0.483. The van der Waals surface area contributed by atoms with Gasteiger partial charge in [0.05, 0.1) is 9.09 Å². The lowest BCUT2D eigenvalue weighted by Gasteiger charge is -2.12. The van der Waals surface area contributed by atoms with Crippen molar-refractivity contribution < 1.29 is 9.47 Å². The van der Waals surface area contributed by atoms with Crippen molar-refractivity contribution in [3.05, 3.63) is 36.0 Å². The maximum Gasteiger partial charge on any atom is 0.335 e. The minimum absolute atomic E-state index is 0.0436. The van der Waals surface area contributed by atoms with Crippen LogP contribution in [0.5, 0.6) is 0 Å². The van der Waals surface area contributed by atoms with Crippen molar-refractivity contribution in [2.24, 2.45) is 0 Å². The van der Waals surface area contributed by atoms with Crippen molar-refractivity contribution >= 4 is 37.9 Å². The van der Waals surface area contributed by atoms with Gasteiger partial charge in [0.15, 0.2) is 0 Å². The van der Waals surface area contributed by atoms with Crippen LogP contribution in [0.15, 0.2) is 19.0 Å². The van der Waals surface area contributed by atoms with Gasteiger partial charge < -0.3 is 9.47 Å². The molecule has 1 aromatic rings. The number of aromatic nitrogens is 2. The maximum atomic E-state index is 12.1. The van der Waals surface area contributed by atoms with Crippen LogP contribution in [0, 0.1) is 0 Å². The summed E-state index contributed by atoms with van der Waals surface area (Å²) in [6, 6.07) is 1.34. The number of nitrogens with zero attached hydrogens (tertiary/aromatic N) is 2. The highest BCUT2D eigenvalue weighted by molar-refractivity contribution is 9.28. The third-order valence-electron chi connectivity index (χ3n) is 2.08. The van der Waals surface area contributed by atoms with E-state index in [0.29, 0.717) is 9.09 Å². The second-order valence-electron chi connectivity index (χ2n) is 3.32. The molecule has 0 aliphatic heterocycles. The van der Waals surface area contributed by atoms with E-state index < -0.39 is 11.2 Å². The minimum atomic E-state index is -0.487. The van der Waals surface area contributed by atoms with Gasteiger partial charge in [-0.05, 0) is 37.9 Å². The molecule has 0 spiro atoms. The summed E-state index contributed by atoms with van der Waals surface area (Å²) >= 11 is 6.37. The Hall–Kier alpha value is -0.700. The SMILES string of the molecule is COCn1c(C=C(Br)Br)cc(=O)n(COC)c1=O. The Bertz CT molecular complexity index is 558. The standard InChI is InChI=1S/C10H12Br2N2O4/c1-17-5-13-7(3-8(11)12)4-9(15)14(6-18-2)10(13)16/h3-4H,5-6H2,1-2H3. The van der Waals surface area contributed by atoms with E-state index in [1.165, 1.54) is 24.9 Å². The number of ether oxygens (including phenoxy) is 2. The van der Waals surface area contributed by atoms with Crippen molar-refractivity contribution in [3.63, 3.8) is 0 Å². The lowest BCUT2D eigenvalue weighted by atomic mass is 10.4. The van der Waals surface area contributed by atoms with Gasteiger partial charge >= 0.3 is 5.69 Å². The van der Waals surface area contributed by atoms with E-state index >= 15 is 0 Å². The largest absolute Gasteiger partial charge is 0.364 e. The van der Waals surface area contributed by atoms with E-state index in [-0.39, 0.29) is 13.5 Å². The van der Waals surface area contributed by atoms with Gasteiger partial charge in [0.1, 0.15) is 13.5 Å². The van der Waals surface area contributed by atoms with Crippen LogP contribution >= 0.6 is 31.9 Å². The summed E-state index contributed by atoms with van der Waals surface area (Å²) in [5.74, 6) is 0. The van der Waals surface area contributed by atoms with Gasteiger partial charge in [0, 0.05) is 20.3 Å².